The number of thioether (sulfide) groups is 1. The third-order valence-electron chi connectivity index (χ3n) is 4.25. The Morgan fingerprint density at radius 2 is 1.75 bits per heavy atom. The molecule has 0 unspecified atom stereocenters. The Bertz CT molecular complexity index is 1090. The highest BCUT2D eigenvalue weighted by Crippen LogP contribution is 2.29. The summed E-state index contributed by atoms with van der Waals surface area (Å²) in [5.74, 6) is 1.28. The van der Waals surface area contributed by atoms with Crippen molar-refractivity contribution < 1.29 is 9.18 Å². The van der Waals surface area contributed by atoms with Crippen LogP contribution in [0.3, 0.4) is 0 Å². The van der Waals surface area contributed by atoms with E-state index in [0.29, 0.717) is 22.9 Å². The minimum Gasteiger partial charge on any atom is -0.309 e. The Kier molecular flexibility index (Phi) is 5.39. The first kappa shape index (κ1) is 18.3. The van der Waals surface area contributed by atoms with Crippen LogP contribution in [0.1, 0.15) is 5.56 Å². The van der Waals surface area contributed by atoms with Crippen LogP contribution in [-0.4, -0.2) is 21.0 Å². The van der Waals surface area contributed by atoms with Gasteiger partial charge in [0, 0.05) is 17.5 Å². The van der Waals surface area contributed by atoms with Crippen LogP contribution in [0.5, 0.6) is 0 Å². The quantitative estimate of drug-likeness (QED) is 0.502. The van der Waals surface area contributed by atoms with Crippen LogP contribution < -0.4 is 5.32 Å². The van der Waals surface area contributed by atoms with E-state index >= 15 is 0 Å². The van der Waals surface area contributed by atoms with Gasteiger partial charge in [0.1, 0.15) is 23.0 Å². The summed E-state index contributed by atoms with van der Waals surface area (Å²) in [4.78, 5) is 17.2. The first-order chi connectivity index (χ1) is 13.7. The highest BCUT2D eigenvalue weighted by atomic mass is 32.2. The number of carbonyl (C=O) groups is 1. The second-order valence-corrected chi connectivity index (χ2v) is 7.26. The SMILES string of the molecule is O=C(CSCc1ccccc1)Nc1c(-c2ccc(F)cc2)nc2ccccn12. The molecule has 0 fully saturated rings. The maximum atomic E-state index is 13.3. The van der Waals surface area contributed by atoms with Gasteiger partial charge in [0.05, 0.1) is 5.75 Å². The zero-order chi connectivity index (χ0) is 19.3. The van der Waals surface area contributed by atoms with Gasteiger partial charge < -0.3 is 5.32 Å². The number of anilines is 1. The lowest BCUT2D eigenvalue weighted by molar-refractivity contribution is -0.113. The molecule has 0 saturated heterocycles. The molecular formula is C22H18FN3OS. The van der Waals surface area contributed by atoms with Crippen LogP contribution in [0, 0.1) is 5.82 Å². The predicted molar refractivity (Wildman–Crippen MR) is 112 cm³/mol. The summed E-state index contributed by atoms with van der Waals surface area (Å²) < 4.78 is 15.1. The summed E-state index contributed by atoms with van der Waals surface area (Å²) >= 11 is 1.55. The van der Waals surface area contributed by atoms with Gasteiger partial charge in [0.15, 0.2) is 0 Å². The molecule has 0 aliphatic carbocycles. The minimum absolute atomic E-state index is 0.102. The average molecular weight is 391 g/mol. The lowest BCUT2D eigenvalue weighted by Gasteiger charge is -2.08. The number of benzene rings is 2. The molecule has 0 radical (unpaired) electrons. The largest absolute Gasteiger partial charge is 0.309 e. The van der Waals surface area contributed by atoms with E-state index in [1.54, 1.807) is 23.9 Å². The number of fused-ring (bicyclic) bond motifs is 1. The van der Waals surface area contributed by atoms with Crippen molar-refractivity contribution in [1.82, 2.24) is 9.38 Å². The molecule has 0 atom stereocenters. The zero-order valence-electron chi connectivity index (χ0n) is 15.0. The topological polar surface area (TPSA) is 46.4 Å². The van der Waals surface area contributed by atoms with Gasteiger partial charge in [0.2, 0.25) is 5.91 Å². The smallest absolute Gasteiger partial charge is 0.235 e. The third-order valence-corrected chi connectivity index (χ3v) is 5.25. The Morgan fingerprint density at radius 3 is 2.54 bits per heavy atom. The fourth-order valence-electron chi connectivity index (χ4n) is 2.93. The molecule has 0 aliphatic rings. The van der Waals surface area contributed by atoms with Gasteiger partial charge in [-0.05, 0) is 42.0 Å². The molecule has 28 heavy (non-hydrogen) atoms. The number of hydrogen-bond donors (Lipinski definition) is 1. The van der Waals surface area contributed by atoms with E-state index in [9.17, 15) is 9.18 Å². The van der Waals surface area contributed by atoms with Crippen molar-refractivity contribution in [2.75, 3.05) is 11.1 Å². The normalized spacial score (nSPS) is 10.9. The first-order valence-electron chi connectivity index (χ1n) is 8.85. The maximum absolute atomic E-state index is 13.3. The van der Waals surface area contributed by atoms with Crippen LogP contribution >= 0.6 is 11.8 Å². The molecule has 0 spiro atoms. The number of nitrogens with zero attached hydrogens (tertiary/aromatic N) is 2. The van der Waals surface area contributed by atoms with Crippen LogP contribution in [0.15, 0.2) is 79.0 Å². The van der Waals surface area contributed by atoms with Crippen molar-refractivity contribution in [1.29, 1.82) is 0 Å². The highest BCUT2D eigenvalue weighted by Gasteiger charge is 2.16. The van der Waals surface area contributed by atoms with Crippen molar-refractivity contribution in [3.05, 3.63) is 90.4 Å². The van der Waals surface area contributed by atoms with Gasteiger partial charge in [-0.1, -0.05) is 36.4 Å². The van der Waals surface area contributed by atoms with Crippen LogP contribution in [0.25, 0.3) is 16.9 Å². The van der Waals surface area contributed by atoms with E-state index in [0.717, 1.165) is 11.3 Å². The summed E-state index contributed by atoms with van der Waals surface area (Å²) in [6.07, 6.45) is 1.85. The Labute approximate surface area is 166 Å². The van der Waals surface area contributed by atoms with Crippen LogP contribution in [0.4, 0.5) is 10.2 Å². The third kappa shape index (κ3) is 4.07. The number of halogens is 1. The van der Waals surface area contributed by atoms with E-state index in [1.165, 1.54) is 17.7 Å². The highest BCUT2D eigenvalue weighted by molar-refractivity contribution is 7.99. The molecule has 1 amide bonds. The van der Waals surface area contributed by atoms with Gasteiger partial charge in [0.25, 0.3) is 0 Å². The number of nitrogens with one attached hydrogen (secondary N) is 1. The summed E-state index contributed by atoms with van der Waals surface area (Å²) in [6.45, 7) is 0. The number of rotatable bonds is 6. The fraction of sp³-hybridized carbons (Fsp3) is 0.0909. The second kappa shape index (κ2) is 8.27. The monoisotopic (exact) mass is 391 g/mol. The molecular weight excluding hydrogens is 373 g/mol. The number of imidazole rings is 1. The molecule has 6 heteroatoms. The fourth-order valence-corrected chi connectivity index (χ4v) is 3.72. The molecule has 2 aromatic heterocycles. The van der Waals surface area contributed by atoms with Gasteiger partial charge in [-0.2, -0.15) is 0 Å². The van der Waals surface area contributed by atoms with Crippen molar-refractivity contribution in [3.8, 4) is 11.3 Å². The summed E-state index contributed by atoms with van der Waals surface area (Å²) in [6, 6.07) is 21.8. The summed E-state index contributed by atoms with van der Waals surface area (Å²) in [5.41, 5.74) is 3.26. The van der Waals surface area contributed by atoms with Crippen molar-refractivity contribution in [2.45, 2.75) is 5.75 Å². The van der Waals surface area contributed by atoms with Gasteiger partial charge in [-0.3, -0.25) is 9.20 Å². The van der Waals surface area contributed by atoms with Crippen molar-refractivity contribution in [2.24, 2.45) is 0 Å². The molecule has 4 aromatic rings. The maximum Gasteiger partial charge on any atom is 0.235 e. The molecule has 0 bridgehead atoms. The lowest BCUT2D eigenvalue weighted by atomic mass is 10.1. The average Bonchev–Trinajstić information content (AvgIpc) is 3.08. The zero-order valence-corrected chi connectivity index (χ0v) is 15.8. The molecule has 4 rings (SSSR count). The molecule has 0 aliphatic heterocycles. The lowest BCUT2D eigenvalue weighted by Crippen LogP contribution is -2.16. The van der Waals surface area contributed by atoms with Gasteiger partial charge in [-0.25, -0.2) is 9.37 Å². The minimum atomic E-state index is -0.310. The number of carbonyl (C=O) groups excluding carboxylic acids is 1. The number of aromatic nitrogens is 2. The summed E-state index contributed by atoms with van der Waals surface area (Å²) in [7, 11) is 0. The number of pyridine rings is 1. The number of amides is 1. The Hall–Kier alpha value is -3.12. The molecule has 140 valence electrons. The molecule has 0 saturated carbocycles. The molecule has 4 nitrogen and oxygen atoms in total. The molecule has 2 aromatic carbocycles. The van der Waals surface area contributed by atoms with Crippen LogP contribution in [-0.2, 0) is 10.5 Å². The Balaban J connectivity index is 1.54. The standard InChI is InChI=1S/C22H18FN3OS/c23-18-11-9-17(10-12-18)21-22(26-13-5-4-8-19(26)24-21)25-20(27)15-28-14-16-6-2-1-3-7-16/h1-13H,14-15H2,(H,25,27). The van der Waals surface area contributed by atoms with E-state index < -0.39 is 0 Å². The Morgan fingerprint density at radius 1 is 1.00 bits per heavy atom. The predicted octanol–water partition coefficient (Wildman–Crippen LogP) is 5.01. The van der Waals surface area contributed by atoms with E-state index in [2.05, 4.69) is 10.3 Å². The first-order valence-corrected chi connectivity index (χ1v) is 10.0. The van der Waals surface area contributed by atoms with E-state index in [-0.39, 0.29) is 11.7 Å². The van der Waals surface area contributed by atoms with Crippen LogP contribution in [0.2, 0.25) is 0 Å². The van der Waals surface area contributed by atoms with E-state index in [4.69, 9.17) is 0 Å². The molecule has 2 heterocycles. The summed E-state index contributed by atoms with van der Waals surface area (Å²) in [5, 5.41) is 2.98. The van der Waals surface area contributed by atoms with Crippen molar-refractivity contribution >= 4 is 29.1 Å². The second-order valence-electron chi connectivity index (χ2n) is 6.27. The van der Waals surface area contributed by atoms with E-state index in [1.807, 2.05) is 59.1 Å². The van der Waals surface area contributed by atoms with Gasteiger partial charge >= 0.3 is 0 Å². The van der Waals surface area contributed by atoms with Gasteiger partial charge in [-0.15, -0.1) is 11.8 Å². The number of hydrogen-bond acceptors (Lipinski definition) is 3. The van der Waals surface area contributed by atoms with Crippen molar-refractivity contribution in [3.63, 3.8) is 0 Å². The molecule has 1 N–H and O–H groups in total.